The summed E-state index contributed by atoms with van der Waals surface area (Å²) in [5.74, 6) is 0.270. The number of likely N-dealkylation sites (N-methyl/N-ethyl adjacent to an activating group) is 1. The molecule has 1 aliphatic heterocycles. The van der Waals surface area contributed by atoms with Crippen LogP contribution < -0.4 is 9.46 Å². The van der Waals surface area contributed by atoms with Crippen LogP contribution in [0.5, 0.6) is 5.75 Å². The smallest absolute Gasteiger partial charge is 0.257 e. The van der Waals surface area contributed by atoms with Gasteiger partial charge in [-0.2, -0.15) is 0 Å². The van der Waals surface area contributed by atoms with Crippen molar-refractivity contribution in [2.45, 2.75) is 32.5 Å². The topological polar surface area (TPSA) is 101 Å². The lowest BCUT2D eigenvalue weighted by Crippen LogP contribution is -2.46. The maximum Gasteiger partial charge on any atom is 0.257 e. The average Bonchev–Trinajstić information content (AvgIpc) is 2.79. The first-order valence-corrected chi connectivity index (χ1v) is 13.1. The predicted octanol–water partition coefficient (Wildman–Crippen LogP) is 2.46. The van der Waals surface area contributed by atoms with Crippen molar-refractivity contribution in [1.82, 2.24) is 14.8 Å². The number of hydrogen-bond donors (Lipinski definition) is 1. The maximum absolute atomic E-state index is 13.3. The number of aromatic nitrogens is 1. The Bertz CT molecular complexity index is 1080. The normalized spacial score (nSPS) is 22.8. The fraction of sp³-hybridized carbons (Fsp3) is 0.500. The van der Waals surface area contributed by atoms with Crippen molar-refractivity contribution in [3.63, 3.8) is 0 Å². The van der Waals surface area contributed by atoms with Crippen molar-refractivity contribution in [3.8, 4) is 5.75 Å². The van der Waals surface area contributed by atoms with E-state index >= 15 is 0 Å². The number of nitrogens with one attached hydrogen (secondary N) is 1. The van der Waals surface area contributed by atoms with E-state index in [1.54, 1.807) is 37.4 Å². The zero-order chi connectivity index (χ0) is 24.9. The number of carbonyl (C=O) groups excluding carboxylic acids is 1. The summed E-state index contributed by atoms with van der Waals surface area (Å²) in [6, 6.07) is 10.6. The lowest BCUT2D eigenvalue weighted by atomic mass is 10.0. The molecule has 10 heteroatoms. The number of carbonyl (C=O) groups is 1. The number of nitrogens with zero attached hydrogens (tertiary/aromatic N) is 3. The van der Waals surface area contributed by atoms with Gasteiger partial charge in [0, 0.05) is 51.7 Å². The van der Waals surface area contributed by atoms with Crippen LogP contribution in [0.15, 0.2) is 42.6 Å². The number of amides is 1. The molecule has 1 aromatic heterocycles. The molecule has 0 bridgehead atoms. The monoisotopic (exact) mass is 490 g/mol. The second-order valence-corrected chi connectivity index (χ2v) is 10.7. The molecule has 0 aliphatic carbocycles. The third-order valence-electron chi connectivity index (χ3n) is 5.97. The molecule has 0 fully saturated rings. The van der Waals surface area contributed by atoms with Gasteiger partial charge in [-0.25, -0.2) is 8.42 Å². The van der Waals surface area contributed by atoms with Crippen LogP contribution in [0.1, 0.15) is 29.9 Å². The number of rotatable bonds is 5. The van der Waals surface area contributed by atoms with Crippen LogP contribution in [0.4, 0.5) is 5.69 Å². The van der Waals surface area contributed by atoms with E-state index in [0.29, 0.717) is 36.7 Å². The van der Waals surface area contributed by atoms with Gasteiger partial charge in [0.25, 0.3) is 5.91 Å². The Morgan fingerprint density at radius 2 is 1.97 bits per heavy atom. The van der Waals surface area contributed by atoms with E-state index in [2.05, 4.69) is 28.5 Å². The first-order chi connectivity index (χ1) is 16.1. The van der Waals surface area contributed by atoms with E-state index in [1.165, 1.54) is 6.07 Å². The van der Waals surface area contributed by atoms with Gasteiger partial charge in [0.05, 0.1) is 23.6 Å². The quantitative estimate of drug-likeness (QED) is 0.687. The summed E-state index contributed by atoms with van der Waals surface area (Å²) in [7, 11) is -0.123. The van der Waals surface area contributed by atoms with Crippen molar-refractivity contribution in [1.29, 1.82) is 0 Å². The fourth-order valence-electron chi connectivity index (χ4n) is 4.05. The zero-order valence-corrected chi connectivity index (χ0v) is 21.2. The molecule has 0 unspecified atom stereocenters. The molecule has 34 heavy (non-hydrogen) atoms. The Morgan fingerprint density at radius 1 is 1.21 bits per heavy atom. The van der Waals surface area contributed by atoms with Crippen molar-refractivity contribution >= 4 is 21.6 Å². The number of anilines is 1. The molecular formula is C24H34N4O5S. The highest BCUT2D eigenvalue weighted by Gasteiger charge is 2.28. The van der Waals surface area contributed by atoms with Crippen LogP contribution in [0.3, 0.4) is 0 Å². The van der Waals surface area contributed by atoms with Gasteiger partial charge < -0.3 is 14.4 Å². The van der Waals surface area contributed by atoms with Crippen molar-refractivity contribution in [2.24, 2.45) is 5.92 Å². The van der Waals surface area contributed by atoms with E-state index in [-0.39, 0.29) is 24.0 Å². The Labute approximate surface area is 202 Å². The molecule has 1 aromatic carbocycles. The minimum Gasteiger partial charge on any atom is -0.491 e. The summed E-state index contributed by atoms with van der Waals surface area (Å²) in [4.78, 5) is 21.7. The lowest BCUT2D eigenvalue weighted by Gasteiger charge is -2.35. The molecule has 2 heterocycles. The Balaban J connectivity index is 1.96. The average molecular weight is 491 g/mol. The SMILES string of the molecule is CO[C@@H]1CN(C)C(=O)c2cc(NS(C)(=O)=O)ccc2OC[C@H](C)N(Cc2ccccn2)C[C@H]1C. The van der Waals surface area contributed by atoms with Crippen LogP contribution >= 0.6 is 0 Å². The number of sulfonamides is 1. The molecule has 1 amide bonds. The van der Waals surface area contributed by atoms with E-state index in [4.69, 9.17) is 9.47 Å². The van der Waals surface area contributed by atoms with Gasteiger partial charge in [0.15, 0.2) is 0 Å². The van der Waals surface area contributed by atoms with E-state index in [1.807, 2.05) is 18.2 Å². The molecule has 3 rings (SSSR count). The van der Waals surface area contributed by atoms with Crippen LogP contribution in [-0.2, 0) is 21.3 Å². The molecule has 9 nitrogen and oxygen atoms in total. The number of benzene rings is 1. The molecule has 0 radical (unpaired) electrons. The fourth-order valence-corrected chi connectivity index (χ4v) is 4.60. The minimum absolute atomic E-state index is 0.0240. The lowest BCUT2D eigenvalue weighted by molar-refractivity contribution is 0.00901. The van der Waals surface area contributed by atoms with Gasteiger partial charge in [-0.1, -0.05) is 13.0 Å². The summed E-state index contributed by atoms with van der Waals surface area (Å²) >= 11 is 0. The van der Waals surface area contributed by atoms with Crippen molar-refractivity contribution < 1.29 is 22.7 Å². The molecule has 0 saturated carbocycles. The van der Waals surface area contributed by atoms with Gasteiger partial charge in [0.1, 0.15) is 12.4 Å². The maximum atomic E-state index is 13.3. The molecule has 1 N–H and O–H groups in total. The first kappa shape index (κ1) is 25.9. The second-order valence-electron chi connectivity index (χ2n) is 8.93. The number of methoxy groups -OCH3 is 1. The predicted molar refractivity (Wildman–Crippen MR) is 131 cm³/mol. The Morgan fingerprint density at radius 3 is 2.62 bits per heavy atom. The number of ether oxygens (including phenoxy) is 2. The van der Waals surface area contributed by atoms with E-state index < -0.39 is 10.0 Å². The first-order valence-electron chi connectivity index (χ1n) is 11.2. The summed E-state index contributed by atoms with van der Waals surface area (Å²) in [5, 5.41) is 0. The molecule has 1 aliphatic rings. The molecule has 0 saturated heterocycles. The summed E-state index contributed by atoms with van der Waals surface area (Å²) in [5.41, 5.74) is 1.56. The van der Waals surface area contributed by atoms with Crippen LogP contribution in [0, 0.1) is 5.92 Å². The Kier molecular flexibility index (Phi) is 8.51. The summed E-state index contributed by atoms with van der Waals surface area (Å²) < 4.78 is 37.7. The third-order valence-corrected chi connectivity index (χ3v) is 6.57. The number of pyridine rings is 1. The zero-order valence-electron chi connectivity index (χ0n) is 20.4. The molecule has 186 valence electrons. The second kappa shape index (κ2) is 11.2. The van der Waals surface area contributed by atoms with Crippen LogP contribution in [0.2, 0.25) is 0 Å². The van der Waals surface area contributed by atoms with Crippen molar-refractivity contribution in [3.05, 3.63) is 53.9 Å². The third kappa shape index (κ3) is 6.91. The molecule has 3 atom stereocenters. The molecular weight excluding hydrogens is 456 g/mol. The number of hydrogen-bond acceptors (Lipinski definition) is 7. The highest BCUT2D eigenvalue weighted by atomic mass is 32.2. The highest BCUT2D eigenvalue weighted by Crippen LogP contribution is 2.27. The standard InChI is InChI=1S/C24H34N4O5S/c1-17-13-28(14-20-8-6-7-11-25-20)18(2)16-33-22-10-9-19(26-34(5,30)31)12-21(22)24(29)27(3)15-23(17)32-4/h6-12,17-18,23,26H,13-16H2,1-5H3/t17-,18+,23-/m1/s1. The van der Waals surface area contributed by atoms with Gasteiger partial charge >= 0.3 is 0 Å². The van der Waals surface area contributed by atoms with Crippen LogP contribution in [0.25, 0.3) is 0 Å². The highest BCUT2D eigenvalue weighted by molar-refractivity contribution is 7.92. The van der Waals surface area contributed by atoms with E-state index in [9.17, 15) is 13.2 Å². The molecule has 2 aromatic rings. The van der Waals surface area contributed by atoms with Gasteiger partial charge in [-0.05, 0) is 43.2 Å². The summed E-state index contributed by atoms with van der Waals surface area (Å²) in [6.07, 6.45) is 2.67. The largest absolute Gasteiger partial charge is 0.491 e. The summed E-state index contributed by atoms with van der Waals surface area (Å²) in [6.45, 7) is 6.32. The number of fused-ring (bicyclic) bond motifs is 1. The van der Waals surface area contributed by atoms with Gasteiger partial charge in [-0.15, -0.1) is 0 Å². The van der Waals surface area contributed by atoms with Crippen LogP contribution in [-0.4, -0.2) is 81.4 Å². The molecule has 0 spiro atoms. The minimum atomic E-state index is -3.49. The Hall–Kier alpha value is -2.69. The van der Waals surface area contributed by atoms with Crippen molar-refractivity contribution in [2.75, 3.05) is 44.8 Å². The van der Waals surface area contributed by atoms with E-state index in [0.717, 1.165) is 18.5 Å². The van der Waals surface area contributed by atoms with Gasteiger partial charge in [-0.3, -0.25) is 19.4 Å². The van der Waals surface area contributed by atoms with Gasteiger partial charge in [0.2, 0.25) is 10.0 Å².